The Morgan fingerprint density at radius 1 is 0.837 bits per heavy atom. The second-order valence-electron chi connectivity index (χ2n) is 11.5. The number of rotatable bonds is 14. The molecule has 3 aromatic rings. The number of aryl methyl sites for hydroxylation is 1. The van der Waals surface area contributed by atoms with Crippen LogP contribution in [-0.2, 0) is 32.6 Å². The molecule has 0 aliphatic heterocycles. The first-order chi connectivity index (χ1) is 20.9. The lowest BCUT2D eigenvalue weighted by Crippen LogP contribution is -2.43. The normalized spacial score (nSPS) is 15.8. The monoisotopic (exact) mass is 599 g/mol. The maximum absolute atomic E-state index is 13.9. The van der Waals surface area contributed by atoms with E-state index >= 15 is 0 Å². The molecular formula is C35H41N3O4S. The lowest BCUT2D eigenvalue weighted by molar-refractivity contribution is -0.141. The van der Waals surface area contributed by atoms with Gasteiger partial charge in [-0.2, -0.15) is 0 Å². The van der Waals surface area contributed by atoms with E-state index in [1.807, 2.05) is 60.7 Å². The molecule has 1 atom stereocenters. The van der Waals surface area contributed by atoms with Crippen molar-refractivity contribution in [3.8, 4) is 0 Å². The van der Waals surface area contributed by atoms with E-state index < -0.39 is 16.1 Å². The van der Waals surface area contributed by atoms with Gasteiger partial charge in [-0.3, -0.25) is 9.59 Å². The molecule has 0 heterocycles. The zero-order chi connectivity index (χ0) is 30.1. The molecule has 0 saturated heterocycles. The zero-order valence-electron chi connectivity index (χ0n) is 24.6. The minimum absolute atomic E-state index is 0.0389. The summed E-state index contributed by atoms with van der Waals surface area (Å²) in [6.07, 6.45) is 10.1. The van der Waals surface area contributed by atoms with Crippen molar-refractivity contribution in [2.45, 2.75) is 81.3 Å². The zero-order valence-corrected chi connectivity index (χ0v) is 25.4. The highest BCUT2D eigenvalue weighted by atomic mass is 32.2. The highest BCUT2D eigenvalue weighted by molar-refractivity contribution is 7.89. The average Bonchev–Trinajstić information content (AvgIpc) is 3.85. The van der Waals surface area contributed by atoms with E-state index in [4.69, 9.17) is 0 Å². The smallest absolute Gasteiger partial charge is 0.247 e. The van der Waals surface area contributed by atoms with Crippen LogP contribution in [0.3, 0.4) is 0 Å². The van der Waals surface area contributed by atoms with E-state index in [0.717, 1.165) is 48.8 Å². The van der Waals surface area contributed by atoms with E-state index in [-0.39, 0.29) is 29.2 Å². The van der Waals surface area contributed by atoms with Gasteiger partial charge in [0, 0.05) is 25.6 Å². The van der Waals surface area contributed by atoms with Gasteiger partial charge in [0.15, 0.2) is 0 Å². The number of allylic oxidation sites excluding steroid dienone is 1. The summed E-state index contributed by atoms with van der Waals surface area (Å²) in [7, 11) is -3.53. The number of hydrogen-bond acceptors (Lipinski definition) is 4. The minimum atomic E-state index is -3.53. The fourth-order valence-electron chi connectivity index (χ4n) is 5.51. The molecule has 0 aromatic heterocycles. The van der Waals surface area contributed by atoms with Crippen LogP contribution in [0.5, 0.6) is 0 Å². The third kappa shape index (κ3) is 8.88. The molecule has 2 aliphatic carbocycles. The molecule has 1 saturated carbocycles. The van der Waals surface area contributed by atoms with E-state index in [1.165, 1.54) is 18.4 Å². The van der Waals surface area contributed by atoms with Crippen LogP contribution in [0.15, 0.2) is 101 Å². The molecule has 0 radical (unpaired) electrons. The van der Waals surface area contributed by atoms with Crippen LogP contribution in [0, 0.1) is 0 Å². The van der Waals surface area contributed by atoms with Gasteiger partial charge in [-0.1, -0.05) is 84.4 Å². The van der Waals surface area contributed by atoms with Crippen molar-refractivity contribution < 1.29 is 18.0 Å². The molecule has 0 spiro atoms. The van der Waals surface area contributed by atoms with Crippen molar-refractivity contribution in [1.29, 1.82) is 0 Å². The van der Waals surface area contributed by atoms with Crippen molar-refractivity contribution in [2.75, 3.05) is 6.54 Å². The molecule has 3 aromatic carbocycles. The number of nitrogens with one attached hydrogen (secondary N) is 2. The molecule has 8 heteroatoms. The average molecular weight is 600 g/mol. The second kappa shape index (κ2) is 14.6. The molecule has 1 fully saturated rings. The maximum atomic E-state index is 13.9. The summed E-state index contributed by atoms with van der Waals surface area (Å²) in [6.45, 7) is 0.827. The van der Waals surface area contributed by atoms with Gasteiger partial charge in [0.05, 0.1) is 4.90 Å². The fraction of sp³-hybridized carbons (Fsp3) is 0.371. The number of amides is 2. The second-order valence-corrected chi connectivity index (χ2v) is 13.2. The third-order valence-corrected chi connectivity index (χ3v) is 9.62. The van der Waals surface area contributed by atoms with Gasteiger partial charge in [-0.05, 0) is 80.2 Å². The fourth-order valence-corrected chi connectivity index (χ4v) is 6.81. The third-order valence-electron chi connectivity index (χ3n) is 8.08. The Labute approximate surface area is 255 Å². The molecule has 226 valence electrons. The van der Waals surface area contributed by atoms with Gasteiger partial charge < -0.3 is 10.2 Å². The molecule has 5 rings (SSSR count). The Hall–Kier alpha value is -3.75. The minimum Gasteiger partial charge on any atom is -0.354 e. The highest BCUT2D eigenvalue weighted by Gasteiger charge is 2.31. The quantitative estimate of drug-likeness (QED) is 0.228. The molecule has 0 bridgehead atoms. The Morgan fingerprint density at radius 3 is 2.19 bits per heavy atom. The summed E-state index contributed by atoms with van der Waals surface area (Å²) in [4.78, 5) is 29.7. The molecule has 0 unspecified atom stereocenters. The number of hydrogen-bond donors (Lipinski definition) is 2. The largest absolute Gasteiger partial charge is 0.354 e. The van der Waals surface area contributed by atoms with Crippen LogP contribution in [-0.4, -0.2) is 37.7 Å². The Kier molecular flexibility index (Phi) is 10.4. The standard InChI is InChI=1S/C35H41N3O4S/c39-33(23-18-28-16-21-32(22-17-28)43(41,42)37-31-19-20-31)38(26-29-12-6-2-7-13-29)34(30-14-8-3-9-15-30)35(40)36-25-24-27-10-4-1-5-11-27/h2-3,6-10,12-17,21-22,31,34,37H,1,4-5,11,18-20,23-26H2,(H,36,40)/t34-/m0/s1. The van der Waals surface area contributed by atoms with Gasteiger partial charge in [-0.15, -0.1) is 0 Å². The maximum Gasteiger partial charge on any atom is 0.247 e. The lowest BCUT2D eigenvalue weighted by Gasteiger charge is -2.32. The van der Waals surface area contributed by atoms with Crippen molar-refractivity contribution >= 4 is 21.8 Å². The highest BCUT2D eigenvalue weighted by Crippen LogP contribution is 2.26. The summed E-state index contributed by atoms with van der Waals surface area (Å²) < 4.78 is 27.8. The number of carbonyl (C=O) groups excluding carboxylic acids is 2. The Morgan fingerprint density at radius 2 is 1.53 bits per heavy atom. The first kappa shape index (κ1) is 30.7. The predicted molar refractivity (Wildman–Crippen MR) is 168 cm³/mol. The molecule has 2 N–H and O–H groups in total. The molecule has 7 nitrogen and oxygen atoms in total. The van der Waals surface area contributed by atoms with Gasteiger partial charge in [0.2, 0.25) is 21.8 Å². The molecular weight excluding hydrogens is 558 g/mol. The Bertz CT molecular complexity index is 1500. The first-order valence-electron chi connectivity index (χ1n) is 15.3. The van der Waals surface area contributed by atoms with E-state index in [9.17, 15) is 18.0 Å². The first-order valence-corrected chi connectivity index (χ1v) is 16.8. The molecule has 2 amide bonds. The van der Waals surface area contributed by atoms with Gasteiger partial charge in [-0.25, -0.2) is 13.1 Å². The van der Waals surface area contributed by atoms with Crippen LogP contribution >= 0.6 is 0 Å². The summed E-state index contributed by atoms with van der Waals surface area (Å²) in [5.41, 5.74) is 3.95. The van der Waals surface area contributed by atoms with E-state index in [0.29, 0.717) is 19.5 Å². The number of carbonyl (C=O) groups is 2. The summed E-state index contributed by atoms with van der Waals surface area (Å²) in [5.74, 6) is -0.334. The van der Waals surface area contributed by atoms with Crippen LogP contribution in [0.25, 0.3) is 0 Å². The lowest BCUT2D eigenvalue weighted by atomic mass is 9.97. The van der Waals surface area contributed by atoms with Crippen molar-refractivity contribution in [2.24, 2.45) is 0 Å². The van der Waals surface area contributed by atoms with Gasteiger partial charge >= 0.3 is 0 Å². The van der Waals surface area contributed by atoms with Crippen LogP contribution in [0.1, 0.15) is 74.1 Å². The van der Waals surface area contributed by atoms with Gasteiger partial charge in [0.25, 0.3) is 0 Å². The predicted octanol–water partition coefficient (Wildman–Crippen LogP) is 5.84. The van der Waals surface area contributed by atoms with Crippen molar-refractivity contribution in [1.82, 2.24) is 14.9 Å². The van der Waals surface area contributed by atoms with Crippen LogP contribution in [0.4, 0.5) is 0 Å². The van der Waals surface area contributed by atoms with Crippen LogP contribution < -0.4 is 10.0 Å². The van der Waals surface area contributed by atoms with Crippen molar-refractivity contribution in [3.63, 3.8) is 0 Å². The SMILES string of the molecule is O=C(NCCC1=CCCCC1)[C@H](c1ccccc1)N(Cc1ccccc1)C(=O)CCc1ccc(S(=O)(=O)NC2CC2)cc1. The molecule has 43 heavy (non-hydrogen) atoms. The van der Waals surface area contributed by atoms with E-state index in [2.05, 4.69) is 16.1 Å². The summed E-state index contributed by atoms with van der Waals surface area (Å²) in [6, 6.07) is 25.2. The number of nitrogens with zero attached hydrogens (tertiary/aromatic N) is 1. The summed E-state index contributed by atoms with van der Waals surface area (Å²) in [5, 5.41) is 3.13. The molecule has 2 aliphatic rings. The number of benzene rings is 3. The Balaban J connectivity index is 1.32. The van der Waals surface area contributed by atoms with Crippen molar-refractivity contribution in [3.05, 3.63) is 113 Å². The summed E-state index contributed by atoms with van der Waals surface area (Å²) >= 11 is 0. The van der Waals surface area contributed by atoms with Crippen LogP contribution in [0.2, 0.25) is 0 Å². The van der Waals surface area contributed by atoms with E-state index in [1.54, 1.807) is 29.2 Å². The number of sulfonamides is 1. The van der Waals surface area contributed by atoms with Gasteiger partial charge in [0.1, 0.15) is 6.04 Å². The topological polar surface area (TPSA) is 95.6 Å².